The number of methoxy groups -OCH3 is 1. The van der Waals surface area contributed by atoms with Crippen LogP contribution in [0.5, 0.6) is 5.88 Å². The summed E-state index contributed by atoms with van der Waals surface area (Å²) >= 11 is 6.15. The van der Waals surface area contributed by atoms with Gasteiger partial charge in [-0.25, -0.2) is 4.79 Å². The van der Waals surface area contributed by atoms with Gasteiger partial charge in [0.05, 0.1) is 17.1 Å². The molecule has 1 aromatic rings. The highest BCUT2D eigenvalue weighted by Gasteiger charge is 2.29. The molecule has 0 aromatic carbocycles. The van der Waals surface area contributed by atoms with Crippen LogP contribution in [0.25, 0.3) is 0 Å². The highest BCUT2D eigenvalue weighted by atomic mass is 35.5. The highest BCUT2D eigenvalue weighted by Crippen LogP contribution is 2.34. The fraction of sp³-hybridized carbons (Fsp3) is 0.600. The summed E-state index contributed by atoms with van der Waals surface area (Å²) in [7, 11) is 1.31. The number of aromatic nitrogens is 1. The number of rotatable bonds is 3. The average Bonchev–Trinajstić information content (AvgIpc) is 2.53. The first-order valence-electron chi connectivity index (χ1n) is 7.74. The van der Waals surface area contributed by atoms with Gasteiger partial charge in [-0.05, 0) is 20.8 Å². The van der Waals surface area contributed by atoms with Crippen LogP contribution in [0.2, 0.25) is 5.02 Å². The third kappa shape index (κ3) is 4.62. The van der Waals surface area contributed by atoms with E-state index < -0.39 is 10.5 Å². The number of hydrogen-bond donors (Lipinski definition) is 0. The SMILES string of the molecule is COc1nc(N2CCN(C(=O)OC(C)(C)C)CC2)c(Cl)cc1[N+](=O)[O-]. The van der Waals surface area contributed by atoms with Crippen molar-refractivity contribution in [3.63, 3.8) is 0 Å². The molecule has 2 heterocycles. The summed E-state index contributed by atoms with van der Waals surface area (Å²) in [4.78, 5) is 30.1. The van der Waals surface area contributed by atoms with E-state index in [1.807, 2.05) is 25.7 Å². The van der Waals surface area contributed by atoms with E-state index in [1.54, 1.807) is 4.90 Å². The summed E-state index contributed by atoms with van der Waals surface area (Å²) in [5.74, 6) is 0.298. The minimum absolute atomic E-state index is 0.0982. The first-order valence-corrected chi connectivity index (χ1v) is 8.12. The molecule has 1 amide bonds. The number of halogens is 1. The van der Waals surface area contributed by atoms with E-state index in [1.165, 1.54) is 13.2 Å². The molecule has 9 nitrogen and oxygen atoms in total. The summed E-state index contributed by atoms with van der Waals surface area (Å²) in [6, 6.07) is 1.23. The van der Waals surface area contributed by atoms with Gasteiger partial charge in [-0.1, -0.05) is 11.6 Å². The first kappa shape index (κ1) is 19.0. The second-order valence-electron chi connectivity index (χ2n) is 6.53. The molecule has 0 N–H and O–H groups in total. The van der Waals surface area contributed by atoms with E-state index in [-0.39, 0.29) is 22.7 Å². The molecule has 0 saturated carbocycles. The van der Waals surface area contributed by atoms with Gasteiger partial charge >= 0.3 is 11.8 Å². The summed E-state index contributed by atoms with van der Waals surface area (Å²) in [6.45, 7) is 7.27. The van der Waals surface area contributed by atoms with Gasteiger partial charge in [0.25, 0.3) is 5.88 Å². The zero-order valence-corrected chi connectivity index (χ0v) is 15.4. The van der Waals surface area contributed by atoms with Crippen molar-refractivity contribution >= 4 is 29.2 Å². The van der Waals surface area contributed by atoms with Gasteiger partial charge in [-0.15, -0.1) is 0 Å². The molecule has 0 aliphatic carbocycles. The molecule has 1 saturated heterocycles. The normalized spacial score (nSPS) is 15.1. The number of carbonyl (C=O) groups excluding carboxylic acids is 1. The molecule has 10 heteroatoms. The van der Waals surface area contributed by atoms with Crippen LogP contribution in [-0.4, -0.2) is 59.8 Å². The lowest BCUT2D eigenvalue weighted by molar-refractivity contribution is -0.386. The molecule has 25 heavy (non-hydrogen) atoms. The number of pyridine rings is 1. The topological polar surface area (TPSA) is 98.0 Å². The monoisotopic (exact) mass is 372 g/mol. The molecule has 0 radical (unpaired) electrons. The Morgan fingerprint density at radius 2 is 1.92 bits per heavy atom. The van der Waals surface area contributed by atoms with Crippen molar-refractivity contribution < 1.29 is 19.2 Å². The number of nitrogens with zero attached hydrogens (tertiary/aromatic N) is 4. The van der Waals surface area contributed by atoms with E-state index in [4.69, 9.17) is 21.1 Å². The summed E-state index contributed by atoms with van der Waals surface area (Å²) in [6.07, 6.45) is -0.368. The lowest BCUT2D eigenvalue weighted by Gasteiger charge is -2.36. The van der Waals surface area contributed by atoms with Crippen molar-refractivity contribution in [1.82, 2.24) is 9.88 Å². The summed E-state index contributed by atoms with van der Waals surface area (Å²) < 4.78 is 10.3. The number of anilines is 1. The zero-order chi connectivity index (χ0) is 18.8. The Morgan fingerprint density at radius 1 is 1.32 bits per heavy atom. The molecular formula is C15H21ClN4O5. The first-order chi connectivity index (χ1) is 11.6. The van der Waals surface area contributed by atoms with Gasteiger partial charge in [0.15, 0.2) is 5.82 Å². The second-order valence-corrected chi connectivity index (χ2v) is 6.94. The number of piperazine rings is 1. The Labute approximate surface area is 150 Å². The van der Waals surface area contributed by atoms with Crippen LogP contribution in [0, 0.1) is 10.1 Å². The number of amides is 1. The molecule has 1 fully saturated rings. The van der Waals surface area contributed by atoms with Gasteiger partial charge in [0.2, 0.25) is 0 Å². The smallest absolute Gasteiger partial charge is 0.410 e. The third-order valence-electron chi connectivity index (χ3n) is 3.52. The lowest BCUT2D eigenvalue weighted by atomic mass is 10.2. The predicted octanol–water partition coefficient (Wildman–Crippen LogP) is 2.71. The Hall–Kier alpha value is -2.29. The quantitative estimate of drug-likeness (QED) is 0.594. The number of nitro groups is 1. The van der Waals surface area contributed by atoms with Crippen LogP contribution in [0.3, 0.4) is 0 Å². The molecule has 2 rings (SSSR count). The Kier molecular flexibility index (Phi) is 5.56. The van der Waals surface area contributed by atoms with Crippen molar-refractivity contribution in [1.29, 1.82) is 0 Å². The number of ether oxygens (including phenoxy) is 2. The van der Waals surface area contributed by atoms with E-state index in [9.17, 15) is 14.9 Å². The van der Waals surface area contributed by atoms with Crippen molar-refractivity contribution in [2.45, 2.75) is 26.4 Å². The van der Waals surface area contributed by atoms with E-state index in [2.05, 4.69) is 4.98 Å². The van der Waals surface area contributed by atoms with Crippen molar-refractivity contribution in [2.75, 3.05) is 38.2 Å². The maximum Gasteiger partial charge on any atom is 0.410 e. The summed E-state index contributed by atoms with van der Waals surface area (Å²) in [5, 5.41) is 11.2. The zero-order valence-electron chi connectivity index (χ0n) is 14.6. The maximum absolute atomic E-state index is 12.1. The molecule has 0 bridgehead atoms. The molecule has 0 atom stereocenters. The van der Waals surface area contributed by atoms with Crippen LogP contribution in [0.1, 0.15) is 20.8 Å². The van der Waals surface area contributed by atoms with Crippen LogP contribution in [0.15, 0.2) is 6.07 Å². The van der Waals surface area contributed by atoms with Gasteiger partial charge in [0.1, 0.15) is 5.60 Å². The molecule has 1 aliphatic rings. The van der Waals surface area contributed by atoms with E-state index in [0.29, 0.717) is 32.0 Å². The lowest BCUT2D eigenvalue weighted by Crippen LogP contribution is -2.50. The summed E-state index contributed by atoms with van der Waals surface area (Å²) in [5.41, 5.74) is -0.839. The van der Waals surface area contributed by atoms with Crippen molar-refractivity contribution in [3.8, 4) is 5.88 Å². The largest absolute Gasteiger partial charge is 0.476 e. The highest BCUT2D eigenvalue weighted by molar-refractivity contribution is 6.33. The molecule has 138 valence electrons. The number of carbonyl (C=O) groups is 1. The fourth-order valence-corrected chi connectivity index (χ4v) is 2.65. The minimum atomic E-state index is -0.595. The molecular weight excluding hydrogens is 352 g/mol. The standard InChI is InChI=1S/C15H21ClN4O5/c1-15(2,3)25-14(21)19-7-5-18(6-8-19)12-10(16)9-11(20(22)23)13(17-12)24-4/h9H,5-8H2,1-4H3. The minimum Gasteiger partial charge on any atom is -0.476 e. The maximum atomic E-state index is 12.1. The van der Waals surface area contributed by atoms with Gasteiger partial charge < -0.3 is 19.3 Å². The van der Waals surface area contributed by atoms with Gasteiger partial charge in [0, 0.05) is 32.2 Å². The van der Waals surface area contributed by atoms with E-state index >= 15 is 0 Å². The van der Waals surface area contributed by atoms with Crippen LogP contribution in [-0.2, 0) is 4.74 Å². The van der Waals surface area contributed by atoms with Gasteiger partial charge in [-0.2, -0.15) is 4.98 Å². The third-order valence-corrected chi connectivity index (χ3v) is 3.80. The Morgan fingerprint density at radius 3 is 2.40 bits per heavy atom. The Bertz CT molecular complexity index is 669. The molecule has 1 aliphatic heterocycles. The molecule has 0 spiro atoms. The van der Waals surface area contributed by atoms with Crippen molar-refractivity contribution in [2.24, 2.45) is 0 Å². The molecule has 1 aromatic heterocycles. The second kappa shape index (κ2) is 7.30. The average molecular weight is 373 g/mol. The van der Waals surface area contributed by atoms with Crippen LogP contribution < -0.4 is 9.64 Å². The Balaban J connectivity index is 2.10. The molecule has 0 unspecified atom stereocenters. The van der Waals surface area contributed by atoms with Crippen LogP contribution in [0.4, 0.5) is 16.3 Å². The van der Waals surface area contributed by atoms with Crippen LogP contribution >= 0.6 is 11.6 Å². The van der Waals surface area contributed by atoms with Crippen molar-refractivity contribution in [3.05, 3.63) is 21.2 Å². The predicted molar refractivity (Wildman–Crippen MR) is 92.5 cm³/mol. The number of hydrogen-bond acceptors (Lipinski definition) is 7. The van der Waals surface area contributed by atoms with Gasteiger partial charge in [-0.3, -0.25) is 10.1 Å². The van der Waals surface area contributed by atoms with E-state index in [0.717, 1.165) is 0 Å². The fourth-order valence-electron chi connectivity index (χ4n) is 2.38.